The number of piperazine rings is 1. The maximum atomic E-state index is 13.1. The summed E-state index contributed by atoms with van der Waals surface area (Å²) in [5.41, 5.74) is 2.36. The van der Waals surface area contributed by atoms with E-state index in [1.54, 1.807) is 11.7 Å². The summed E-state index contributed by atoms with van der Waals surface area (Å²) in [6.45, 7) is 4.85. The number of anilines is 3. The number of alkyl halides is 3. The number of hydrogen-bond donors (Lipinski definition) is 1. The van der Waals surface area contributed by atoms with Crippen LogP contribution >= 0.6 is 0 Å². The molecule has 10 nitrogen and oxygen atoms in total. The molecule has 3 amide bonds. The smallest absolute Gasteiger partial charge is 0.406 e. The van der Waals surface area contributed by atoms with Crippen molar-refractivity contribution in [1.82, 2.24) is 19.7 Å². The van der Waals surface area contributed by atoms with Gasteiger partial charge in [-0.15, -0.1) is 13.2 Å². The van der Waals surface area contributed by atoms with Gasteiger partial charge in [0, 0.05) is 39.3 Å². The van der Waals surface area contributed by atoms with E-state index >= 15 is 0 Å². The summed E-state index contributed by atoms with van der Waals surface area (Å²) < 4.78 is 43.4. The lowest BCUT2D eigenvalue weighted by atomic mass is 10.1. The zero-order valence-electron chi connectivity index (χ0n) is 19.3. The van der Waals surface area contributed by atoms with E-state index in [0.29, 0.717) is 29.3 Å². The lowest BCUT2D eigenvalue weighted by Gasteiger charge is -2.35. The third kappa shape index (κ3) is 5.14. The Balaban J connectivity index is 1.69. The Morgan fingerprint density at radius 1 is 1.20 bits per heavy atom. The first-order valence-corrected chi connectivity index (χ1v) is 10.7. The summed E-state index contributed by atoms with van der Waals surface area (Å²) in [5.74, 6) is -0.554. The van der Waals surface area contributed by atoms with Crippen molar-refractivity contribution in [2.24, 2.45) is 7.05 Å². The molecule has 0 spiro atoms. The molecule has 0 aliphatic carbocycles. The Bertz CT molecular complexity index is 1250. The Labute approximate surface area is 198 Å². The fraction of sp³-hybridized carbons (Fsp3) is 0.364. The van der Waals surface area contributed by atoms with E-state index in [1.165, 1.54) is 18.3 Å². The molecule has 4 rings (SSSR count). The monoisotopic (exact) mass is 491 g/mol. The minimum Gasteiger partial charge on any atom is -0.406 e. The molecule has 1 fully saturated rings. The summed E-state index contributed by atoms with van der Waals surface area (Å²) in [6, 6.07) is 3.75. The molecule has 1 saturated heterocycles. The molecule has 3 aromatic rings. The van der Waals surface area contributed by atoms with Gasteiger partial charge in [-0.3, -0.25) is 9.48 Å². The number of hydrogen-bond acceptors (Lipinski definition) is 7. The summed E-state index contributed by atoms with van der Waals surface area (Å²) in [4.78, 5) is 34.3. The van der Waals surface area contributed by atoms with Gasteiger partial charge in [-0.25, -0.2) is 14.7 Å². The van der Waals surface area contributed by atoms with Crippen LogP contribution in [0.15, 0.2) is 30.5 Å². The van der Waals surface area contributed by atoms with Gasteiger partial charge in [0.15, 0.2) is 5.65 Å². The SMILES string of the molecule is Cc1nn(C)c2ncc(NC(=O)N(C=O)c3cccc(OC(F)(F)F)c3)c(N3CCN(C)CC3)c12. The molecule has 1 N–H and O–H groups in total. The largest absolute Gasteiger partial charge is 0.573 e. The molecule has 186 valence electrons. The number of carbonyl (C=O) groups excluding carboxylic acids is 2. The number of amides is 3. The number of benzene rings is 1. The highest BCUT2D eigenvalue weighted by Crippen LogP contribution is 2.36. The van der Waals surface area contributed by atoms with Gasteiger partial charge in [0.1, 0.15) is 5.75 Å². The van der Waals surface area contributed by atoms with Gasteiger partial charge < -0.3 is 19.9 Å². The number of likely N-dealkylation sites (N-methyl/N-ethyl adjacent to an activating group) is 1. The Kier molecular flexibility index (Phi) is 6.52. The second-order valence-corrected chi connectivity index (χ2v) is 8.17. The molecule has 0 radical (unpaired) electrons. The fourth-order valence-corrected chi connectivity index (χ4v) is 4.07. The van der Waals surface area contributed by atoms with Crippen LogP contribution in [0, 0.1) is 6.92 Å². The molecular formula is C22H24F3N7O3. The highest BCUT2D eigenvalue weighted by atomic mass is 19.4. The van der Waals surface area contributed by atoms with Crippen molar-refractivity contribution < 1.29 is 27.5 Å². The first-order valence-electron chi connectivity index (χ1n) is 10.7. The molecule has 1 aromatic carbocycles. The highest BCUT2D eigenvalue weighted by molar-refractivity contribution is 6.14. The van der Waals surface area contributed by atoms with Gasteiger partial charge >= 0.3 is 12.4 Å². The number of pyridine rings is 1. The van der Waals surface area contributed by atoms with Crippen molar-refractivity contribution in [2.75, 3.05) is 48.3 Å². The molecule has 3 heterocycles. The number of aromatic nitrogens is 3. The van der Waals surface area contributed by atoms with Gasteiger partial charge in [-0.1, -0.05) is 6.07 Å². The van der Waals surface area contributed by atoms with E-state index in [1.807, 2.05) is 14.0 Å². The third-order valence-electron chi connectivity index (χ3n) is 5.71. The van der Waals surface area contributed by atoms with Gasteiger partial charge in [-0.05, 0) is 26.1 Å². The van der Waals surface area contributed by atoms with E-state index < -0.39 is 18.1 Å². The van der Waals surface area contributed by atoms with E-state index in [4.69, 9.17) is 0 Å². The van der Waals surface area contributed by atoms with Gasteiger partial charge in [0.05, 0.1) is 34.3 Å². The summed E-state index contributed by atoms with van der Waals surface area (Å²) in [6.07, 6.45) is -3.20. The van der Waals surface area contributed by atoms with E-state index in [2.05, 4.69) is 29.9 Å². The zero-order valence-corrected chi connectivity index (χ0v) is 19.3. The van der Waals surface area contributed by atoms with Crippen molar-refractivity contribution in [2.45, 2.75) is 13.3 Å². The summed E-state index contributed by atoms with van der Waals surface area (Å²) in [7, 11) is 3.80. The van der Waals surface area contributed by atoms with Crippen molar-refractivity contribution in [3.63, 3.8) is 0 Å². The van der Waals surface area contributed by atoms with Crippen molar-refractivity contribution in [3.8, 4) is 5.75 Å². The van der Waals surface area contributed by atoms with Crippen LogP contribution in [0.1, 0.15) is 5.69 Å². The molecule has 0 atom stereocenters. The fourth-order valence-electron chi connectivity index (χ4n) is 4.07. The predicted octanol–water partition coefficient (Wildman–Crippen LogP) is 3.12. The summed E-state index contributed by atoms with van der Waals surface area (Å²) in [5, 5.41) is 7.92. The van der Waals surface area contributed by atoms with Crippen LogP contribution in [-0.2, 0) is 11.8 Å². The zero-order chi connectivity index (χ0) is 25.3. The molecule has 0 unspecified atom stereocenters. The van der Waals surface area contributed by atoms with Crippen LogP contribution in [0.2, 0.25) is 0 Å². The second-order valence-electron chi connectivity index (χ2n) is 8.17. The normalized spacial score (nSPS) is 14.7. The predicted molar refractivity (Wildman–Crippen MR) is 124 cm³/mol. The molecular weight excluding hydrogens is 467 g/mol. The Morgan fingerprint density at radius 3 is 2.57 bits per heavy atom. The Hall–Kier alpha value is -3.87. The number of nitrogens with one attached hydrogen (secondary N) is 1. The third-order valence-corrected chi connectivity index (χ3v) is 5.71. The molecule has 0 bridgehead atoms. The molecule has 13 heteroatoms. The lowest BCUT2D eigenvalue weighted by Crippen LogP contribution is -2.45. The minimum absolute atomic E-state index is 0.0907. The van der Waals surface area contributed by atoms with Crippen LogP contribution in [0.5, 0.6) is 5.75 Å². The first-order chi connectivity index (χ1) is 16.6. The van der Waals surface area contributed by atoms with E-state index in [9.17, 15) is 22.8 Å². The van der Waals surface area contributed by atoms with Gasteiger partial charge in [0.2, 0.25) is 6.41 Å². The molecule has 35 heavy (non-hydrogen) atoms. The van der Waals surface area contributed by atoms with Crippen molar-refractivity contribution >= 4 is 40.5 Å². The van der Waals surface area contributed by atoms with Crippen LogP contribution in [0.25, 0.3) is 11.0 Å². The number of ether oxygens (including phenoxy) is 1. The lowest BCUT2D eigenvalue weighted by molar-refractivity contribution is -0.274. The number of carbonyl (C=O) groups is 2. The average Bonchev–Trinajstić information content (AvgIpc) is 3.07. The van der Waals surface area contributed by atoms with Crippen LogP contribution < -0.4 is 19.9 Å². The van der Waals surface area contributed by atoms with Crippen molar-refractivity contribution in [3.05, 3.63) is 36.2 Å². The standard InChI is InChI=1S/C22H24F3N7O3/c1-14-18-19(31-9-7-29(2)8-10-31)17(12-26-20(18)30(3)28-14)27-21(34)32(13-33)15-5-4-6-16(11-15)35-22(23,24)25/h4-6,11-13H,7-10H2,1-3H3,(H,27,34). The first kappa shape index (κ1) is 24.3. The highest BCUT2D eigenvalue weighted by Gasteiger charge is 2.31. The number of fused-ring (bicyclic) bond motifs is 1. The quantitative estimate of drug-likeness (QED) is 0.548. The van der Waals surface area contributed by atoms with E-state index in [0.717, 1.165) is 42.0 Å². The molecule has 0 saturated carbocycles. The van der Waals surface area contributed by atoms with Crippen LogP contribution in [0.4, 0.5) is 35.0 Å². The number of aryl methyl sites for hydroxylation is 2. The Morgan fingerprint density at radius 2 is 1.91 bits per heavy atom. The van der Waals surface area contributed by atoms with Crippen LogP contribution in [-0.4, -0.2) is 71.7 Å². The number of urea groups is 1. The molecule has 1 aliphatic heterocycles. The number of halogens is 3. The topological polar surface area (TPSA) is 95.8 Å². The molecule has 1 aliphatic rings. The van der Waals surface area contributed by atoms with E-state index in [-0.39, 0.29) is 12.1 Å². The van der Waals surface area contributed by atoms with Crippen molar-refractivity contribution in [1.29, 1.82) is 0 Å². The second kappa shape index (κ2) is 9.41. The number of nitrogens with zero attached hydrogens (tertiary/aromatic N) is 6. The molecule has 2 aromatic heterocycles. The maximum Gasteiger partial charge on any atom is 0.573 e. The number of rotatable bonds is 5. The van der Waals surface area contributed by atoms with Gasteiger partial charge in [-0.2, -0.15) is 5.10 Å². The van der Waals surface area contributed by atoms with Gasteiger partial charge in [0.25, 0.3) is 0 Å². The minimum atomic E-state index is -4.91. The van der Waals surface area contributed by atoms with Crippen LogP contribution in [0.3, 0.4) is 0 Å². The maximum absolute atomic E-state index is 13.1. The summed E-state index contributed by atoms with van der Waals surface area (Å²) >= 11 is 0. The average molecular weight is 491 g/mol. The number of imide groups is 1.